The highest BCUT2D eigenvalue weighted by Crippen LogP contribution is 2.04. The Morgan fingerprint density at radius 2 is 2.25 bits per heavy atom. The van der Waals surface area contributed by atoms with E-state index in [1.165, 1.54) is 0 Å². The number of aromatic amines is 1. The van der Waals surface area contributed by atoms with Crippen molar-refractivity contribution in [2.45, 2.75) is 32.9 Å². The van der Waals surface area contributed by atoms with Crippen LogP contribution in [-0.4, -0.2) is 16.2 Å². The first-order valence-electron chi connectivity index (χ1n) is 5.18. The number of nitrogens with zero attached hydrogens (tertiary/aromatic N) is 1. The van der Waals surface area contributed by atoms with Crippen molar-refractivity contribution in [1.29, 1.82) is 0 Å². The van der Waals surface area contributed by atoms with Crippen molar-refractivity contribution in [3.8, 4) is 0 Å². The average Bonchev–Trinajstić information content (AvgIpc) is 2.23. The van der Waals surface area contributed by atoms with Crippen molar-refractivity contribution in [3.05, 3.63) is 32.9 Å². The Bertz CT molecular complexity index is 452. The summed E-state index contributed by atoms with van der Waals surface area (Å²) in [6.07, 6.45) is 2.11. The molecule has 0 aliphatic heterocycles. The molecule has 0 aliphatic carbocycles. The van der Waals surface area contributed by atoms with Crippen LogP contribution < -0.4 is 11.2 Å². The molecular weight excluding hydrogens is 215 g/mol. The fraction of sp³-hybridized carbons (Fsp3) is 0.600. The van der Waals surface area contributed by atoms with E-state index in [-0.39, 0.29) is 0 Å². The van der Waals surface area contributed by atoms with Crippen molar-refractivity contribution in [1.82, 2.24) is 9.55 Å². The summed E-state index contributed by atoms with van der Waals surface area (Å²) in [6, 6.07) is 0. The van der Waals surface area contributed by atoms with Gasteiger partial charge in [0.25, 0.3) is 5.56 Å². The second kappa shape index (κ2) is 5.60. The second-order valence-corrected chi connectivity index (χ2v) is 3.47. The molecule has 0 aromatic carbocycles. The van der Waals surface area contributed by atoms with Crippen molar-refractivity contribution in [2.24, 2.45) is 0 Å². The molecule has 90 valence electrons. The van der Waals surface area contributed by atoms with Gasteiger partial charge < -0.3 is 4.74 Å². The standard InChI is InChI=1S/C10H15FN2O3/c1-3-4-5-16-7(2)13-6-8(11)9(14)12-10(13)15/h6-7H,3-5H2,1-2H3,(H,12,14,15)/t7-/m0/s1. The molecule has 16 heavy (non-hydrogen) atoms. The van der Waals surface area contributed by atoms with Crippen LogP contribution in [0.1, 0.15) is 32.9 Å². The number of rotatable bonds is 5. The molecule has 0 aliphatic rings. The first-order chi connectivity index (χ1) is 7.56. The van der Waals surface area contributed by atoms with Crippen LogP contribution in [-0.2, 0) is 4.74 Å². The van der Waals surface area contributed by atoms with Gasteiger partial charge in [-0.25, -0.2) is 4.79 Å². The van der Waals surface area contributed by atoms with E-state index in [9.17, 15) is 14.0 Å². The van der Waals surface area contributed by atoms with Gasteiger partial charge in [0.05, 0.1) is 6.20 Å². The quantitative estimate of drug-likeness (QED) is 0.768. The number of hydrogen-bond donors (Lipinski definition) is 1. The SMILES string of the molecule is CCCCO[C@@H](C)n1cc(F)c(=O)[nH]c1=O. The molecule has 0 spiro atoms. The van der Waals surface area contributed by atoms with E-state index in [4.69, 9.17) is 4.74 Å². The predicted molar refractivity (Wildman–Crippen MR) is 56.9 cm³/mol. The predicted octanol–water partition coefficient (Wildman–Crippen LogP) is 1.01. The number of ether oxygens (including phenoxy) is 1. The summed E-state index contributed by atoms with van der Waals surface area (Å²) in [6.45, 7) is 4.12. The van der Waals surface area contributed by atoms with E-state index >= 15 is 0 Å². The highest BCUT2D eigenvalue weighted by molar-refractivity contribution is 4.87. The molecule has 1 N–H and O–H groups in total. The maximum absolute atomic E-state index is 12.9. The third-order valence-electron chi connectivity index (χ3n) is 2.17. The summed E-state index contributed by atoms with van der Waals surface area (Å²) in [5.74, 6) is -0.995. The number of nitrogens with one attached hydrogen (secondary N) is 1. The fourth-order valence-electron chi connectivity index (χ4n) is 1.21. The summed E-state index contributed by atoms with van der Waals surface area (Å²) in [5.41, 5.74) is -1.68. The Morgan fingerprint density at radius 1 is 1.56 bits per heavy atom. The van der Waals surface area contributed by atoms with Crippen LogP contribution in [0.2, 0.25) is 0 Å². The number of H-pyrrole nitrogens is 1. The molecule has 0 saturated carbocycles. The van der Waals surface area contributed by atoms with Gasteiger partial charge in [0.1, 0.15) is 6.23 Å². The van der Waals surface area contributed by atoms with Crippen LogP contribution in [0.25, 0.3) is 0 Å². The number of halogens is 1. The molecule has 0 saturated heterocycles. The zero-order chi connectivity index (χ0) is 12.1. The summed E-state index contributed by atoms with van der Waals surface area (Å²) in [7, 11) is 0. The van der Waals surface area contributed by atoms with Crippen LogP contribution in [0, 0.1) is 5.82 Å². The van der Waals surface area contributed by atoms with Gasteiger partial charge in [0, 0.05) is 6.61 Å². The molecule has 0 unspecified atom stereocenters. The molecule has 0 fully saturated rings. The third-order valence-corrected chi connectivity index (χ3v) is 2.17. The van der Waals surface area contributed by atoms with E-state index in [1.54, 1.807) is 6.92 Å². The smallest absolute Gasteiger partial charge is 0.330 e. The number of unbranched alkanes of at least 4 members (excludes halogenated alkanes) is 1. The van der Waals surface area contributed by atoms with Crippen LogP contribution in [0.15, 0.2) is 15.8 Å². The van der Waals surface area contributed by atoms with Gasteiger partial charge in [-0.05, 0) is 13.3 Å². The van der Waals surface area contributed by atoms with E-state index in [2.05, 4.69) is 0 Å². The van der Waals surface area contributed by atoms with Crippen molar-refractivity contribution < 1.29 is 9.13 Å². The Balaban J connectivity index is 2.83. The minimum Gasteiger partial charge on any atom is -0.358 e. The lowest BCUT2D eigenvalue weighted by atomic mass is 10.4. The molecule has 6 heteroatoms. The van der Waals surface area contributed by atoms with E-state index < -0.39 is 23.3 Å². The zero-order valence-corrected chi connectivity index (χ0v) is 9.33. The lowest BCUT2D eigenvalue weighted by Crippen LogP contribution is -2.33. The largest absolute Gasteiger partial charge is 0.358 e. The minimum absolute atomic E-state index is 0.491. The highest BCUT2D eigenvalue weighted by Gasteiger charge is 2.09. The second-order valence-electron chi connectivity index (χ2n) is 3.47. The van der Waals surface area contributed by atoms with Crippen LogP contribution >= 0.6 is 0 Å². The molecule has 1 aromatic heterocycles. The molecule has 0 amide bonds. The van der Waals surface area contributed by atoms with Gasteiger partial charge in [-0.1, -0.05) is 13.3 Å². The third kappa shape index (κ3) is 3.03. The van der Waals surface area contributed by atoms with E-state index in [0.29, 0.717) is 6.61 Å². The molecule has 1 heterocycles. The van der Waals surface area contributed by atoms with Gasteiger partial charge >= 0.3 is 5.69 Å². The van der Waals surface area contributed by atoms with Gasteiger partial charge in [0.15, 0.2) is 0 Å². The van der Waals surface area contributed by atoms with Crippen molar-refractivity contribution in [2.75, 3.05) is 6.61 Å². The molecule has 1 atom stereocenters. The molecule has 0 bridgehead atoms. The van der Waals surface area contributed by atoms with Gasteiger partial charge in [-0.3, -0.25) is 14.3 Å². The monoisotopic (exact) mass is 230 g/mol. The average molecular weight is 230 g/mol. The van der Waals surface area contributed by atoms with Gasteiger partial charge in [-0.15, -0.1) is 0 Å². The molecule has 1 aromatic rings. The van der Waals surface area contributed by atoms with Gasteiger partial charge in [-0.2, -0.15) is 4.39 Å². The first kappa shape index (κ1) is 12.6. The summed E-state index contributed by atoms with van der Waals surface area (Å²) in [4.78, 5) is 24.0. The van der Waals surface area contributed by atoms with Crippen LogP contribution in [0.5, 0.6) is 0 Å². The lowest BCUT2D eigenvalue weighted by molar-refractivity contribution is 0.0107. The summed E-state index contributed by atoms with van der Waals surface area (Å²) >= 11 is 0. The zero-order valence-electron chi connectivity index (χ0n) is 9.33. The van der Waals surface area contributed by atoms with Gasteiger partial charge in [0.2, 0.25) is 5.82 Å². The lowest BCUT2D eigenvalue weighted by Gasteiger charge is -2.15. The van der Waals surface area contributed by atoms with Crippen molar-refractivity contribution >= 4 is 0 Å². The molecule has 1 rings (SSSR count). The minimum atomic E-state index is -1.01. The number of hydrogen-bond acceptors (Lipinski definition) is 3. The Morgan fingerprint density at radius 3 is 2.88 bits per heavy atom. The molecule has 5 nitrogen and oxygen atoms in total. The fourth-order valence-corrected chi connectivity index (χ4v) is 1.21. The van der Waals surface area contributed by atoms with Crippen LogP contribution in [0.4, 0.5) is 4.39 Å². The maximum Gasteiger partial charge on any atom is 0.330 e. The summed E-state index contributed by atoms with van der Waals surface area (Å²) in [5, 5.41) is 0. The Kier molecular flexibility index (Phi) is 4.42. The first-order valence-corrected chi connectivity index (χ1v) is 5.18. The maximum atomic E-state index is 12.9. The van der Waals surface area contributed by atoms with Crippen molar-refractivity contribution in [3.63, 3.8) is 0 Å². The summed E-state index contributed by atoms with van der Waals surface area (Å²) < 4.78 is 19.3. The topological polar surface area (TPSA) is 64.1 Å². The Labute approximate surface area is 91.9 Å². The number of aromatic nitrogens is 2. The van der Waals surface area contributed by atoms with Crippen LogP contribution in [0.3, 0.4) is 0 Å². The molecular formula is C10H15FN2O3. The normalized spacial score (nSPS) is 12.7. The Hall–Kier alpha value is -1.43. The highest BCUT2D eigenvalue weighted by atomic mass is 19.1. The van der Waals surface area contributed by atoms with E-state index in [0.717, 1.165) is 23.6 Å². The van der Waals surface area contributed by atoms with E-state index in [1.807, 2.05) is 11.9 Å². The molecule has 0 radical (unpaired) electrons.